The van der Waals surface area contributed by atoms with Crippen molar-refractivity contribution < 1.29 is 19.5 Å². The van der Waals surface area contributed by atoms with E-state index in [0.29, 0.717) is 0 Å². The summed E-state index contributed by atoms with van der Waals surface area (Å²) in [6, 6.07) is -0.598. The van der Waals surface area contributed by atoms with Crippen molar-refractivity contribution in [3.8, 4) is 0 Å². The maximum absolute atomic E-state index is 11.6. The first kappa shape index (κ1) is 17.4. The number of carboxylic acids is 1. The lowest BCUT2D eigenvalue weighted by Crippen LogP contribution is -2.54. The van der Waals surface area contributed by atoms with Gasteiger partial charge in [0.2, 0.25) is 5.91 Å². The molecular formula is C12H23N3O4. The van der Waals surface area contributed by atoms with Gasteiger partial charge < -0.3 is 10.4 Å². The van der Waals surface area contributed by atoms with Gasteiger partial charge in [-0.1, -0.05) is 0 Å². The smallest absolute Gasteiger partial charge is 0.323 e. The number of urea groups is 1. The lowest BCUT2D eigenvalue weighted by Gasteiger charge is -2.30. The van der Waals surface area contributed by atoms with Gasteiger partial charge in [0, 0.05) is 5.54 Å². The van der Waals surface area contributed by atoms with Crippen LogP contribution in [-0.4, -0.2) is 52.6 Å². The zero-order chi connectivity index (χ0) is 15.4. The van der Waals surface area contributed by atoms with E-state index in [1.54, 1.807) is 20.8 Å². The van der Waals surface area contributed by atoms with Crippen molar-refractivity contribution in [2.45, 2.75) is 45.7 Å². The van der Waals surface area contributed by atoms with E-state index in [9.17, 15) is 14.4 Å². The molecule has 0 bridgehead atoms. The van der Waals surface area contributed by atoms with Crippen LogP contribution in [0.5, 0.6) is 0 Å². The topological polar surface area (TPSA) is 98.7 Å². The largest absolute Gasteiger partial charge is 0.480 e. The summed E-state index contributed by atoms with van der Waals surface area (Å²) in [4.78, 5) is 35.4. The minimum Gasteiger partial charge on any atom is -0.480 e. The number of likely N-dealkylation sites (N-methyl/N-ethyl adjacent to an activating group) is 1. The van der Waals surface area contributed by atoms with Crippen molar-refractivity contribution in [2.24, 2.45) is 0 Å². The van der Waals surface area contributed by atoms with Gasteiger partial charge in [-0.25, -0.2) is 4.79 Å². The molecule has 0 aliphatic carbocycles. The quantitative estimate of drug-likeness (QED) is 0.689. The molecule has 0 aromatic carbocycles. The number of carboxylic acid groups (broad SMARTS) is 1. The Balaban J connectivity index is 4.41. The molecule has 0 rings (SSSR count). The predicted molar refractivity (Wildman–Crippen MR) is 70.8 cm³/mol. The average molecular weight is 273 g/mol. The maximum Gasteiger partial charge on any atom is 0.323 e. The molecule has 0 aromatic heterocycles. The van der Waals surface area contributed by atoms with Crippen molar-refractivity contribution in [1.29, 1.82) is 0 Å². The summed E-state index contributed by atoms with van der Waals surface area (Å²) < 4.78 is 0. The molecule has 0 heterocycles. The van der Waals surface area contributed by atoms with Crippen LogP contribution in [0, 0.1) is 0 Å². The average Bonchev–Trinajstić information content (AvgIpc) is 2.12. The number of carbonyl (C=O) groups is 3. The third-order valence-electron chi connectivity index (χ3n) is 2.60. The first-order chi connectivity index (χ1) is 8.36. The summed E-state index contributed by atoms with van der Waals surface area (Å²) in [7, 11) is 1.51. The van der Waals surface area contributed by atoms with Gasteiger partial charge >= 0.3 is 12.0 Å². The number of rotatable bonds is 4. The van der Waals surface area contributed by atoms with E-state index in [2.05, 4.69) is 10.6 Å². The van der Waals surface area contributed by atoms with E-state index < -0.39 is 29.0 Å². The first-order valence-electron chi connectivity index (χ1n) is 5.93. The van der Waals surface area contributed by atoms with Crippen LogP contribution in [0.4, 0.5) is 4.79 Å². The van der Waals surface area contributed by atoms with E-state index >= 15 is 0 Å². The predicted octanol–water partition coefficient (Wildman–Crippen LogP) is 0.406. The number of imide groups is 1. The van der Waals surface area contributed by atoms with Gasteiger partial charge in [-0.15, -0.1) is 0 Å². The number of carbonyl (C=O) groups excluding carboxylic acids is 2. The molecule has 0 aliphatic heterocycles. The van der Waals surface area contributed by atoms with Gasteiger partial charge in [0.05, 0.1) is 6.54 Å². The molecular weight excluding hydrogens is 250 g/mol. The van der Waals surface area contributed by atoms with Crippen molar-refractivity contribution >= 4 is 17.9 Å². The molecule has 0 saturated carbocycles. The number of nitrogens with one attached hydrogen (secondary N) is 2. The van der Waals surface area contributed by atoms with E-state index in [1.165, 1.54) is 25.8 Å². The summed E-state index contributed by atoms with van der Waals surface area (Å²) in [6.45, 7) is 8.15. The van der Waals surface area contributed by atoms with E-state index in [0.717, 1.165) is 0 Å². The third kappa shape index (κ3) is 6.19. The molecule has 0 radical (unpaired) electrons. The summed E-state index contributed by atoms with van der Waals surface area (Å²) >= 11 is 0. The summed E-state index contributed by atoms with van der Waals surface area (Å²) in [6.07, 6.45) is 0. The molecule has 0 unspecified atom stereocenters. The number of hydrogen-bond acceptors (Lipinski definition) is 4. The fourth-order valence-corrected chi connectivity index (χ4v) is 1.11. The van der Waals surface area contributed by atoms with Crippen molar-refractivity contribution in [3.05, 3.63) is 0 Å². The van der Waals surface area contributed by atoms with Crippen LogP contribution in [-0.2, 0) is 9.59 Å². The van der Waals surface area contributed by atoms with E-state index in [4.69, 9.17) is 5.11 Å². The van der Waals surface area contributed by atoms with Gasteiger partial charge in [0.25, 0.3) is 0 Å². The van der Waals surface area contributed by atoms with Crippen LogP contribution in [0.15, 0.2) is 0 Å². The Morgan fingerprint density at radius 1 is 1.11 bits per heavy atom. The second-order valence-corrected chi connectivity index (χ2v) is 5.97. The maximum atomic E-state index is 11.6. The highest BCUT2D eigenvalue weighted by atomic mass is 16.4. The fourth-order valence-electron chi connectivity index (χ4n) is 1.11. The molecule has 0 fully saturated rings. The highest BCUT2D eigenvalue weighted by Crippen LogP contribution is 2.11. The van der Waals surface area contributed by atoms with Crippen LogP contribution in [0.2, 0.25) is 0 Å². The van der Waals surface area contributed by atoms with Gasteiger partial charge in [0.15, 0.2) is 0 Å². The normalized spacial score (nSPS) is 12.2. The molecule has 3 N–H and O–H groups in total. The van der Waals surface area contributed by atoms with Crippen LogP contribution in [0.1, 0.15) is 34.6 Å². The van der Waals surface area contributed by atoms with E-state index in [-0.39, 0.29) is 6.54 Å². The Labute approximate surface area is 113 Å². The SMILES string of the molecule is CN(CC(=O)NC(=O)NC(C)(C)C)C(C)(C)C(=O)O. The van der Waals surface area contributed by atoms with Crippen LogP contribution < -0.4 is 10.6 Å². The number of amides is 3. The number of aliphatic carboxylic acids is 1. The van der Waals surface area contributed by atoms with Crippen molar-refractivity contribution in [3.63, 3.8) is 0 Å². The van der Waals surface area contributed by atoms with Crippen molar-refractivity contribution in [2.75, 3.05) is 13.6 Å². The lowest BCUT2D eigenvalue weighted by atomic mass is 10.0. The zero-order valence-corrected chi connectivity index (χ0v) is 12.3. The second kappa shape index (κ2) is 6.01. The van der Waals surface area contributed by atoms with Crippen LogP contribution in [0.25, 0.3) is 0 Å². The molecule has 7 nitrogen and oxygen atoms in total. The Morgan fingerprint density at radius 3 is 1.95 bits per heavy atom. The molecule has 3 amide bonds. The minimum absolute atomic E-state index is 0.184. The highest BCUT2D eigenvalue weighted by Gasteiger charge is 2.33. The lowest BCUT2D eigenvalue weighted by molar-refractivity contribution is -0.149. The fraction of sp³-hybridized carbons (Fsp3) is 0.750. The van der Waals surface area contributed by atoms with Gasteiger partial charge in [0.1, 0.15) is 5.54 Å². The summed E-state index contributed by atoms with van der Waals surface area (Å²) in [5.74, 6) is -1.60. The highest BCUT2D eigenvalue weighted by molar-refractivity contribution is 5.95. The minimum atomic E-state index is -1.18. The van der Waals surface area contributed by atoms with Crippen molar-refractivity contribution in [1.82, 2.24) is 15.5 Å². The Kier molecular flexibility index (Phi) is 5.49. The molecule has 0 spiro atoms. The number of hydrogen-bond donors (Lipinski definition) is 3. The molecule has 0 aromatic rings. The monoisotopic (exact) mass is 273 g/mol. The van der Waals surface area contributed by atoms with Crippen LogP contribution >= 0.6 is 0 Å². The Morgan fingerprint density at radius 2 is 1.58 bits per heavy atom. The molecule has 19 heavy (non-hydrogen) atoms. The summed E-state index contributed by atoms with van der Waals surface area (Å²) in [5.41, 5.74) is -1.63. The van der Waals surface area contributed by atoms with E-state index in [1.807, 2.05) is 0 Å². The number of nitrogens with zero attached hydrogens (tertiary/aromatic N) is 1. The Hall–Kier alpha value is -1.63. The van der Waals surface area contributed by atoms with Gasteiger partial charge in [-0.3, -0.25) is 19.8 Å². The standard InChI is InChI=1S/C12H23N3O4/c1-11(2,3)14-10(19)13-8(16)7-15(6)12(4,5)9(17)18/h7H2,1-6H3,(H,17,18)(H2,13,14,16,19). The van der Waals surface area contributed by atoms with Gasteiger partial charge in [-0.2, -0.15) is 0 Å². The zero-order valence-electron chi connectivity index (χ0n) is 12.3. The first-order valence-corrected chi connectivity index (χ1v) is 5.93. The Bertz CT molecular complexity index is 372. The summed E-state index contributed by atoms with van der Waals surface area (Å²) in [5, 5.41) is 13.7. The molecule has 0 saturated heterocycles. The van der Waals surface area contributed by atoms with Gasteiger partial charge in [-0.05, 0) is 41.7 Å². The molecule has 0 atom stereocenters. The second-order valence-electron chi connectivity index (χ2n) is 5.97. The van der Waals surface area contributed by atoms with Crippen LogP contribution in [0.3, 0.4) is 0 Å². The molecule has 0 aliphatic rings. The molecule has 110 valence electrons. The third-order valence-corrected chi connectivity index (χ3v) is 2.60. The molecule has 7 heteroatoms.